The average Bonchev–Trinajstić information content (AvgIpc) is 2.97. The second kappa shape index (κ2) is 19.2. The molecule has 3 N–H and O–H groups in total. The second-order valence-electron chi connectivity index (χ2n) is 9.54. The van der Waals surface area contributed by atoms with E-state index in [0.717, 1.165) is 36.1 Å². The summed E-state index contributed by atoms with van der Waals surface area (Å²) < 4.78 is 11.0. The lowest BCUT2D eigenvalue weighted by molar-refractivity contribution is -0.144. The SMILES string of the molecule is C=CCCCCC(=O)OCCNC(=O)[C@H](CC=C)CC(=O)N[C@H](CO)Cc1ccc(OCc2ccccc2)cc1. The highest BCUT2D eigenvalue weighted by Gasteiger charge is 2.22. The van der Waals surface area contributed by atoms with Crippen LogP contribution in [0.15, 0.2) is 79.9 Å². The fraction of sp³-hybridized carbons (Fsp3) is 0.406. The number of allylic oxidation sites excluding steroid dienone is 2. The molecule has 216 valence electrons. The molecule has 0 aliphatic rings. The van der Waals surface area contributed by atoms with Crippen LogP contribution in [0, 0.1) is 5.92 Å². The Balaban J connectivity index is 1.75. The highest BCUT2D eigenvalue weighted by molar-refractivity contribution is 5.86. The Morgan fingerprint density at radius 3 is 2.38 bits per heavy atom. The van der Waals surface area contributed by atoms with Gasteiger partial charge in [-0.2, -0.15) is 0 Å². The third kappa shape index (κ3) is 13.2. The molecule has 0 aliphatic carbocycles. The van der Waals surface area contributed by atoms with Crippen molar-refractivity contribution in [3.8, 4) is 5.75 Å². The molecule has 40 heavy (non-hydrogen) atoms. The van der Waals surface area contributed by atoms with E-state index in [9.17, 15) is 19.5 Å². The molecule has 0 bridgehead atoms. The van der Waals surface area contributed by atoms with Crippen molar-refractivity contribution in [3.05, 3.63) is 91.0 Å². The number of aliphatic hydroxyl groups is 1. The number of benzene rings is 2. The van der Waals surface area contributed by atoms with Crippen molar-refractivity contribution in [3.63, 3.8) is 0 Å². The Bertz CT molecular complexity index is 1050. The summed E-state index contributed by atoms with van der Waals surface area (Å²) in [6.45, 7) is 7.79. The normalized spacial score (nSPS) is 12.0. The van der Waals surface area contributed by atoms with Crippen LogP contribution in [0.1, 0.15) is 49.7 Å². The summed E-state index contributed by atoms with van der Waals surface area (Å²) in [6, 6.07) is 16.9. The maximum absolute atomic E-state index is 12.7. The Kier molecular flexibility index (Phi) is 15.5. The second-order valence-corrected chi connectivity index (χ2v) is 9.54. The largest absolute Gasteiger partial charge is 0.489 e. The molecule has 0 unspecified atom stereocenters. The maximum atomic E-state index is 12.7. The van der Waals surface area contributed by atoms with Crippen LogP contribution >= 0.6 is 0 Å². The molecule has 0 fully saturated rings. The number of unbranched alkanes of at least 4 members (excludes halogenated alkanes) is 2. The summed E-state index contributed by atoms with van der Waals surface area (Å²) >= 11 is 0. The Hall–Kier alpha value is -3.91. The molecule has 2 amide bonds. The van der Waals surface area contributed by atoms with Crippen molar-refractivity contribution >= 4 is 17.8 Å². The molecule has 0 radical (unpaired) electrons. The zero-order chi connectivity index (χ0) is 29.0. The van der Waals surface area contributed by atoms with E-state index in [2.05, 4.69) is 23.8 Å². The van der Waals surface area contributed by atoms with E-state index < -0.39 is 12.0 Å². The van der Waals surface area contributed by atoms with Crippen molar-refractivity contribution in [1.29, 1.82) is 0 Å². The predicted octanol–water partition coefficient (Wildman–Crippen LogP) is 4.27. The van der Waals surface area contributed by atoms with Crippen LogP contribution < -0.4 is 15.4 Å². The lowest BCUT2D eigenvalue weighted by Gasteiger charge is -2.19. The molecule has 8 heteroatoms. The van der Waals surface area contributed by atoms with Crippen LogP contribution in [-0.2, 0) is 32.1 Å². The van der Waals surface area contributed by atoms with Crippen molar-refractivity contribution in [2.24, 2.45) is 5.92 Å². The Morgan fingerprint density at radius 1 is 0.950 bits per heavy atom. The fourth-order valence-electron chi connectivity index (χ4n) is 4.02. The minimum Gasteiger partial charge on any atom is -0.489 e. The van der Waals surface area contributed by atoms with E-state index in [0.29, 0.717) is 25.9 Å². The minimum atomic E-state index is -0.618. The standard InChI is InChI=1S/C32H42N2O6/c1-3-5-6-10-14-31(37)39-20-19-33-32(38)27(11-4-2)22-30(36)34-28(23-35)21-25-15-17-29(18-16-25)40-24-26-12-8-7-9-13-26/h3-4,7-9,12-13,15-18,27-28,35H,1-2,5-6,10-11,14,19-24H2,(H,33,38)(H,34,36)/t27-,28+/m1/s1. The molecule has 2 rings (SSSR count). The lowest BCUT2D eigenvalue weighted by atomic mass is 9.99. The number of carbonyl (C=O) groups is 3. The van der Waals surface area contributed by atoms with Crippen LogP contribution in [0.4, 0.5) is 0 Å². The number of nitrogens with one attached hydrogen (secondary N) is 2. The number of carbonyl (C=O) groups excluding carboxylic acids is 3. The monoisotopic (exact) mass is 550 g/mol. The molecule has 0 saturated carbocycles. The van der Waals surface area contributed by atoms with Crippen LogP contribution in [0.25, 0.3) is 0 Å². The Morgan fingerprint density at radius 2 is 1.70 bits per heavy atom. The quantitative estimate of drug-likeness (QED) is 0.129. The molecule has 0 aliphatic heterocycles. The number of hydrogen-bond acceptors (Lipinski definition) is 6. The van der Waals surface area contributed by atoms with Gasteiger partial charge >= 0.3 is 5.97 Å². The molecule has 0 aromatic heterocycles. The fourth-order valence-corrected chi connectivity index (χ4v) is 4.02. The molecule has 0 heterocycles. The summed E-state index contributed by atoms with van der Waals surface area (Å²) in [5.74, 6) is -0.843. The number of aliphatic hydroxyl groups excluding tert-OH is 1. The summed E-state index contributed by atoms with van der Waals surface area (Å²) in [6.07, 6.45) is 6.90. The van der Waals surface area contributed by atoms with E-state index in [1.807, 2.05) is 60.7 Å². The summed E-state index contributed by atoms with van der Waals surface area (Å²) in [4.78, 5) is 37.1. The molecule has 0 saturated heterocycles. The van der Waals surface area contributed by atoms with Crippen LogP contribution in [-0.4, -0.2) is 48.7 Å². The van der Waals surface area contributed by atoms with E-state index in [4.69, 9.17) is 9.47 Å². The van der Waals surface area contributed by atoms with E-state index in [-0.39, 0.29) is 44.0 Å². The van der Waals surface area contributed by atoms with Crippen molar-refractivity contribution in [2.45, 2.75) is 57.6 Å². The van der Waals surface area contributed by atoms with Gasteiger partial charge in [0.1, 0.15) is 19.0 Å². The highest BCUT2D eigenvalue weighted by atomic mass is 16.5. The first-order chi connectivity index (χ1) is 19.4. The number of esters is 1. The third-order valence-electron chi connectivity index (χ3n) is 6.20. The molecular formula is C32H42N2O6. The van der Waals surface area contributed by atoms with Gasteiger partial charge in [-0.15, -0.1) is 13.2 Å². The van der Waals surface area contributed by atoms with Crippen LogP contribution in [0.2, 0.25) is 0 Å². The molecule has 2 atom stereocenters. The lowest BCUT2D eigenvalue weighted by Crippen LogP contribution is -2.42. The maximum Gasteiger partial charge on any atom is 0.305 e. The molecule has 8 nitrogen and oxygen atoms in total. The zero-order valence-electron chi connectivity index (χ0n) is 23.2. The molecule has 2 aromatic carbocycles. The third-order valence-corrected chi connectivity index (χ3v) is 6.20. The van der Waals surface area contributed by atoms with Gasteiger partial charge in [-0.05, 0) is 55.4 Å². The smallest absolute Gasteiger partial charge is 0.305 e. The van der Waals surface area contributed by atoms with Crippen molar-refractivity contribution in [2.75, 3.05) is 19.8 Å². The van der Waals surface area contributed by atoms with Crippen LogP contribution in [0.5, 0.6) is 5.75 Å². The summed E-state index contributed by atoms with van der Waals surface area (Å²) in [7, 11) is 0. The number of ether oxygens (including phenoxy) is 2. The topological polar surface area (TPSA) is 114 Å². The molecule has 2 aromatic rings. The van der Waals surface area contributed by atoms with Crippen molar-refractivity contribution in [1.82, 2.24) is 10.6 Å². The summed E-state index contributed by atoms with van der Waals surface area (Å²) in [5, 5.41) is 15.4. The van der Waals surface area contributed by atoms with Gasteiger partial charge in [0.15, 0.2) is 0 Å². The summed E-state index contributed by atoms with van der Waals surface area (Å²) in [5.41, 5.74) is 2.01. The zero-order valence-corrected chi connectivity index (χ0v) is 23.2. The first-order valence-corrected chi connectivity index (χ1v) is 13.8. The van der Waals surface area contributed by atoms with Crippen molar-refractivity contribution < 1.29 is 29.0 Å². The minimum absolute atomic E-state index is 0.0519. The van der Waals surface area contributed by atoms with Gasteiger partial charge in [-0.3, -0.25) is 14.4 Å². The first-order valence-electron chi connectivity index (χ1n) is 13.8. The van der Waals surface area contributed by atoms with E-state index >= 15 is 0 Å². The van der Waals surface area contributed by atoms with Gasteiger partial charge in [0.2, 0.25) is 11.8 Å². The van der Waals surface area contributed by atoms with E-state index in [1.54, 1.807) is 6.08 Å². The molecule has 0 spiro atoms. The number of amides is 2. The number of hydrogen-bond donors (Lipinski definition) is 3. The van der Waals surface area contributed by atoms with Crippen LogP contribution in [0.3, 0.4) is 0 Å². The van der Waals surface area contributed by atoms with E-state index in [1.165, 1.54) is 0 Å². The van der Waals surface area contributed by atoms with Gasteiger partial charge in [0, 0.05) is 12.8 Å². The predicted molar refractivity (Wildman–Crippen MR) is 155 cm³/mol. The van der Waals surface area contributed by atoms with Gasteiger partial charge in [0.05, 0.1) is 25.1 Å². The van der Waals surface area contributed by atoms with Gasteiger partial charge in [0.25, 0.3) is 0 Å². The van der Waals surface area contributed by atoms with Gasteiger partial charge in [-0.25, -0.2) is 0 Å². The molecular weight excluding hydrogens is 508 g/mol. The Labute approximate surface area is 237 Å². The van der Waals surface area contributed by atoms with Gasteiger partial charge < -0.3 is 25.2 Å². The average molecular weight is 551 g/mol. The number of rotatable bonds is 20. The highest BCUT2D eigenvalue weighted by Crippen LogP contribution is 2.16. The first kappa shape index (κ1) is 32.3. The van der Waals surface area contributed by atoms with Gasteiger partial charge in [-0.1, -0.05) is 54.6 Å².